The Morgan fingerprint density at radius 2 is 2.13 bits per heavy atom. The third-order valence-corrected chi connectivity index (χ3v) is 3.37. The standard InChI is InChI=1S/C15H10ClN3O4/c16-11-3-1-2-10(6-11)15-17-12(9-23-15)7-18-8-13(19(21)22)4-5-14(18)20/h1-6,8-9H,7H2. The number of hydrogen-bond donors (Lipinski definition) is 0. The Hall–Kier alpha value is -2.93. The fourth-order valence-corrected chi connectivity index (χ4v) is 2.25. The average Bonchev–Trinajstić information content (AvgIpc) is 2.98. The maximum Gasteiger partial charge on any atom is 0.285 e. The Morgan fingerprint density at radius 3 is 2.87 bits per heavy atom. The van der Waals surface area contributed by atoms with Gasteiger partial charge in [-0.3, -0.25) is 14.9 Å². The summed E-state index contributed by atoms with van der Waals surface area (Å²) >= 11 is 5.92. The number of oxazole rings is 1. The van der Waals surface area contributed by atoms with Crippen molar-refractivity contribution in [1.82, 2.24) is 9.55 Å². The first kappa shape index (κ1) is 15.0. The van der Waals surface area contributed by atoms with Gasteiger partial charge in [-0.2, -0.15) is 0 Å². The van der Waals surface area contributed by atoms with Gasteiger partial charge in [0, 0.05) is 22.7 Å². The SMILES string of the molecule is O=c1ccc([N+](=O)[O-])cn1Cc1coc(-c2cccc(Cl)c2)n1. The fraction of sp³-hybridized carbons (Fsp3) is 0.0667. The monoisotopic (exact) mass is 331 g/mol. The van der Waals surface area contributed by atoms with Crippen molar-refractivity contribution in [3.63, 3.8) is 0 Å². The molecule has 0 N–H and O–H groups in total. The van der Waals surface area contributed by atoms with Crippen LogP contribution in [0.15, 0.2) is 58.1 Å². The van der Waals surface area contributed by atoms with Crippen molar-refractivity contribution in [3.8, 4) is 11.5 Å². The van der Waals surface area contributed by atoms with Crippen LogP contribution in [0, 0.1) is 10.1 Å². The Bertz CT molecular complexity index is 932. The third-order valence-electron chi connectivity index (χ3n) is 3.13. The molecule has 116 valence electrons. The molecule has 3 rings (SSSR count). The quantitative estimate of drug-likeness (QED) is 0.541. The molecule has 0 atom stereocenters. The number of rotatable bonds is 4. The van der Waals surface area contributed by atoms with Gasteiger partial charge in [0.2, 0.25) is 5.89 Å². The summed E-state index contributed by atoms with van der Waals surface area (Å²) in [5, 5.41) is 11.3. The third kappa shape index (κ3) is 3.29. The Labute approximate surface area is 134 Å². The predicted molar refractivity (Wildman–Crippen MR) is 83.4 cm³/mol. The van der Waals surface area contributed by atoms with Gasteiger partial charge in [-0.05, 0) is 18.2 Å². The number of pyridine rings is 1. The van der Waals surface area contributed by atoms with Crippen LogP contribution in [0.1, 0.15) is 5.69 Å². The van der Waals surface area contributed by atoms with Crippen molar-refractivity contribution in [1.29, 1.82) is 0 Å². The molecule has 1 aromatic carbocycles. The molecular formula is C15H10ClN3O4. The van der Waals surface area contributed by atoms with E-state index in [2.05, 4.69) is 4.98 Å². The maximum atomic E-state index is 11.8. The van der Waals surface area contributed by atoms with E-state index in [0.717, 1.165) is 6.07 Å². The Morgan fingerprint density at radius 1 is 1.30 bits per heavy atom. The number of aromatic nitrogens is 2. The summed E-state index contributed by atoms with van der Waals surface area (Å²) in [5.41, 5.74) is 0.656. The van der Waals surface area contributed by atoms with Crippen LogP contribution in [0.3, 0.4) is 0 Å². The van der Waals surface area contributed by atoms with Crippen LogP contribution in [0.25, 0.3) is 11.5 Å². The summed E-state index contributed by atoms with van der Waals surface area (Å²) in [6.45, 7) is 0.0740. The lowest BCUT2D eigenvalue weighted by molar-refractivity contribution is -0.385. The van der Waals surface area contributed by atoms with E-state index < -0.39 is 4.92 Å². The number of hydrogen-bond acceptors (Lipinski definition) is 5. The minimum Gasteiger partial charge on any atom is -0.444 e. The lowest BCUT2D eigenvalue weighted by Crippen LogP contribution is -2.19. The highest BCUT2D eigenvalue weighted by atomic mass is 35.5. The molecular weight excluding hydrogens is 322 g/mol. The maximum absolute atomic E-state index is 11.8. The van der Waals surface area contributed by atoms with E-state index in [1.807, 2.05) is 0 Å². The van der Waals surface area contributed by atoms with Crippen molar-refractivity contribution >= 4 is 17.3 Å². The van der Waals surface area contributed by atoms with Crippen LogP contribution in [0.2, 0.25) is 5.02 Å². The van der Waals surface area contributed by atoms with Crippen LogP contribution in [0.5, 0.6) is 0 Å². The zero-order chi connectivity index (χ0) is 16.4. The van der Waals surface area contributed by atoms with Crippen molar-refractivity contribution in [2.45, 2.75) is 6.54 Å². The van der Waals surface area contributed by atoms with Crippen LogP contribution < -0.4 is 5.56 Å². The molecule has 0 aliphatic rings. The number of nitro groups is 1. The molecule has 0 saturated carbocycles. The van der Waals surface area contributed by atoms with Crippen molar-refractivity contribution in [3.05, 3.63) is 80.0 Å². The molecule has 0 spiro atoms. The summed E-state index contributed by atoms with van der Waals surface area (Å²) in [6.07, 6.45) is 2.58. The number of benzene rings is 1. The molecule has 0 aliphatic heterocycles. The van der Waals surface area contributed by atoms with Crippen LogP contribution in [-0.2, 0) is 6.54 Å². The van der Waals surface area contributed by atoms with Crippen molar-refractivity contribution in [2.75, 3.05) is 0 Å². The van der Waals surface area contributed by atoms with Gasteiger partial charge in [0.15, 0.2) is 0 Å². The van der Waals surface area contributed by atoms with Gasteiger partial charge < -0.3 is 8.98 Å². The summed E-state index contributed by atoms with van der Waals surface area (Å²) in [4.78, 5) is 26.3. The first-order valence-electron chi connectivity index (χ1n) is 6.58. The lowest BCUT2D eigenvalue weighted by atomic mass is 10.2. The second-order valence-electron chi connectivity index (χ2n) is 4.76. The molecule has 0 radical (unpaired) electrons. The largest absolute Gasteiger partial charge is 0.444 e. The number of halogens is 1. The molecule has 7 nitrogen and oxygen atoms in total. The second-order valence-corrected chi connectivity index (χ2v) is 5.20. The van der Waals surface area contributed by atoms with E-state index in [1.54, 1.807) is 24.3 Å². The summed E-state index contributed by atoms with van der Waals surface area (Å²) in [5.74, 6) is 0.362. The Balaban J connectivity index is 1.89. The van der Waals surface area contributed by atoms with Gasteiger partial charge in [-0.1, -0.05) is 17.7 Å². The highest BCUT2D eigenvalue weighted by Crippen LogP contribution is 2.22. The number of nitrogens with zero attached hydrogens (tertiary/aromatic N) is 3. The van der Waals surface area contributed by atoms with Gasteiger partial charge in [0.25, 0.3) is 11.2 Å². The van der Waals surface area contributed by atoms with Crippen LogP contribution in [-0.4, -0.2) is 14.5 Å². The smallest absolute Gasteiger partial charge is 0.285 e. The van der Waals surface area contributed by atoms with Gasteiger partial charge in [0.1, 0.15) is 6.26 Å². The molecule has 2 heterocycles. The van der Waals surface area contributed by atoms with E-state index in [4.69, 9.17) is 16.0 Å². The zero-order valence-electron chi connectivity index (χ0n) is 11.7. The first-order valence-corrected chi connectivity index (χ1v) is 6.96. The average molecular weight is 332 g/mol. The molecule has 0 unspecified atom stereocenters. The van der Waals surface area contributed by atoms with E-state index in [9.17, 15) is 14.9 Å². The summed E-state index contributed by atoms with van der Waals surface area (Å²) < 4.78 is 6.58. The second kappa shape index (κ2) is 6.05. The Kier molecular flexibility index (Phi) is 3.94. The van der Waals surface area contributed by atoms with E-state index in [1.165, 1.54) is 23.1 Å². The topological polar surface area (TPSA) is 91.2 Å². The molecule has 0 saturated heterocycles. The van der Waals surface area contributed by atoms with Gasteiger partial charge in [-0.25, -0.2) is 4.98 Å². The van der Waals surface area contributed by atoms with E-state index >= 15 is 0 Å². The van der Waals surface area contributed by atoms with Crippen molar-refractivity contribution in [2.24, 2.45) is 0 Å². The highest BCUT2D eigenvalue weighted by molar-refractivity contribution is 6.30. The van der Waals surface area contributed by atoms with Gasteiger partial charge >= 0.3 is 0 Å². The van der Waals surface area contributed by atoms with Gasteiger partial charge in [0.05, 0.1) is 23.4 Å². The summed E-state index contributed by atoms with van der Waals surface area (Å²) in [7, 11) is 0. The van der Waals surface area contributed by atoms with Crippen LogP contribution in [0.4, 0.5) is 5.69 Å². The molecule has 0 aliphatic carbocycles. The predicted octanol–water partition coefficient (Wildman–Crippen LogP) is 3.11. The molecule has 8 heteroatoms. The van der Waals surface area contributed by atoms with Crippen molar-refractivity contribution < 1.29 is 9.34 Å². The van der Waals surface area contributed by atoms with E-state index in [-0.39, 0.29) is 17.8 Å². The van der Waals surface area contributed by atoms with Crippen LogP contribution >= 0.6 is 11.6 Å². The molecule has 0 bridgehead atoms. The summed E-state index contributed by atoms with van der Waals surface area (Å²) in [6, 6.07) is 9.32. The molecule has 23 heavy (non-hydrogen) atoms. The zero-order valence-corrected chi connectivity index (χ0v) is 12.4. The molecule has 0 fully saturated rings. The fourth-order valence-electron chi connectivity index (χ4n) is 2.06. The molecule has 2 aromatic heterocycles. The normalized spacial score (nSPS) is 10.7. The first-order chi connectivity index (χ1) is 11.0. The van der Waals surface area contributed by atoms with E-state index in [0.29, 0.717) is 22.2 Å². The highest BCUT2D eigenvalue weighted by Gasteiger charge is 2.11. The minimum absolute atomic E-state index is 0.0740. The lowest BCUT2D eigenvalue weighted by Gasteiger charge is -2.01. The van der Waals surface area contributed by atoms with Gasteiger partial charge in [-0.15, -0.1) is 0 Å². The molecule has 3 aromatic rings. The minimum atomic E-state index is -0.559. The molecule has 0 amide bonds.